The first-order valence-corrected chi connectivity index (χ1v) is 6.51. The topological polar surface area (TPSA) is 56.1 Å². The molecule has 0 aliphatic rings. The lowest BCUT2D eigenvalue weighted by Crippen LogP contribution is -2.19. The number of carbonyl (C=O) groups excluding carboxylic acids is 1. The van der Waals surface area contributed by atoms with Gasteiger partial charge in [0.15, 0.2) is 0 Å². The van der Waals surface area contributed by atoms with Crippen LogP contribution in [0.3, 0.4) is 0 Å². The zero-order valence-corrected chi connectivity index (χ0v) is 12.3. The average Bonchev–Trinajstić information content (AvgIpc) is 2.68. The quantitative estimate of drug-likeness (QED) is 0.940. The molecule has 1 N–H and O–H groups in total. The lowest BCUT2D eigenvalue weighted by Gasteiger charge is -2.07. The third-order valence-corrected chi connectivity index (χ3v) is 3.32. The van der Waals surface area contributed by atoms with Crippen LogP contribution >= 0.6 is 15.9 Å². The van der Waals surface area contributed by atoms with Crippen molar-refractivity contribution in [1.82, 2.24) is 9.78 Å². The van der Waals surface area contributed by atoms with Gasteiger partial charge in [-0.15, -0.1) is 0 Å². The molecule has 0 unspecified atom stereocenters. The van der Waals surface area contributed by atoms with Gasteiger partial charge in [-0.05, 0) is 35.0 Å². The number of nitrogens with one attached hydrogen (secondary N) is 1. The van der Waals surface area contributed by atoms with Gasteiger partial charge in [0.25, 0.3) is 0 Å². The summed E-state index contributed by atoms with van der Waals surface area (Å²) in [5.74, 6) is 0.568. The predicted octanol–water partition coefficient (Wildman–Crippen LogP) is 2.60. The van der Waals surface area contributed by atoms with Crippen LogP contribution in [0.5, 0.6) is 5.75 Å². The molecule has 0 saturated heterocycles. The van der Waals surface area contributed by atoms with Gasteiger partial charge in [-0.25, -0.2) is 0 Å². The van der Waals surface area contributed by atoms with Gasteiger partial charge in [-0.1, -0.05) is 6.07 Å². The maximum Gasteiger partial charge on any atom is 0.246 e. The number of methoxy groups -OCH3 is 1. The summed E-state index contributed by atoms with van der Waals surface area (Å²) >= 11 is 3.36. The highest BCUT2D eigenvalue weighted by Crippen LogP contribution is 2.17. The van der Waals surface area contributed by atoms with Gasteiger partial charge in [-0.3, -0.25) is 9.48 Å². The summed E-state index contributed by atoms with van der Waals surface area (Å²) in [6, 6.07) is 7.22. The minimum atomic E-state index is -0.136. The van der Waals surface area contributed by atoms with Crippen LogP contribution in [0.15, 0.2) is 34.9 Å². The van der Waals surface area contributed by atoms with Gasteiger partial charge < -0.3 is 10.1 Å². The Balaban J connectivity index is 2.00. The van der Waals surface area contributed by atoms with E-state index in [4.69, 9.17) is 4.74 Å². The summed E-state index contributed by atoms with van der Waals surface area (Å²) in [4.78, 5) is 11.9. The highest BCUT2D eigenvalue weighted by molar-refractivity contribution is 9.10. The minimum Gasteiger partial charge on any atom is -0.497 e. The average molecular weight is 324 g/mol. The molecule has 0 aliphatic carbocycles. The number of ether oxygens (including phenoxy) is 1. The molecular weight excluding hydrogens is 310 g/mol. The smallest absolute Gasteiger partial charge is 0.246 e. The highest BCUT2D eigenvalue weighted by atomic mass is 79.9. The van der Waals surface area contributed by atoms with Crippen molar-refractivity contribution in [2.45, 2.75) is 13.5 Å². The van der Waals surface area contributed by atoms with E-state index in [1.54, 1.807) is 24.1 Å². The Morgan fingerprint density at radius 3 is 2.95 bits per heavy atom. The van der Waals surface area contributed by atoms with Crippen molar-refractivity contribution < 1.29 is 9.53 Å². The van der Waals surface area contributed by atoms with Gasteiger partial charge in [0.05, 0.1) is 17.3 Å². The standard InChI is InChI=1S/C13H14BrN3O2/c1-9-12(14)7-17(16-9)8-13(18)15-10-4-3-5-11(6-10)19-2/h3-7H,8H2,1-2H3,(H,15,18). The molecule has 1 amide bonds. The number of hydrogen-bond acceptors (Lipinski definition) is 3. The SMILES string of the molecule is COc1cccc(NC(=O)Cn2cc(Br)c(C)n2)c1. The van der Waals surface area contributed by atoms with E-state index in [1.807, 2.05) is 25.1 Å². The van der Waals surface area contributed by atoms with Crippen LogP contribution in [-0.4, -0.2) is 22.8 Å². The Hall–Kier alpha value is -1.82. The summed E-state index contributed by atoms with van der Waals surface area (Å²) < 4.78 is 7.58. The van der Waals surface area contributed by atoms with Crippen LogP contribution in [0.25, 0.3) is 0 Å². The molecule has 0 atom stereocenters. The summed E-state index contributed by atoms with van der Waals surface area (Å²) in [6.45, 7) is 2.05. The van der Waals surface area contributed by atoms with Gasteiger partial charge in [0.1, 0.15) is 12.3 Å². The van der Waals surface area contributed by atoms with Gasteiger partial charge in [-0.2, -0.15) is 5.10 Å². The first-order valence-electron chi connectivity index (χ1n) is 5.72. The molecular formula is C13H14BrN3O2. The Morgan fingerprint density at radius 1 is 1.53 bits per heavy atom. The van der Waals surface area contributed by atoms with E-state index >= 15 is 0 Å². The van der Waals surface area contributed by atoms with Crippen LogP contribution in [0, 0.1) is 6.92 Å². The lowest BCUT2D eigenvalue weighted by molar-refractivity contribution is -0.116. The molecule has 0 spiro atoms. The number of rotatable bonds is 4. The number of benzene rings is 1. The molecule has 0 radical (unpaired) electrons. The van der Waals surface area contributed by atoms with Gasteiger partial charge >= 0.3 is 0 Å². The third-order valence-electron chi connectivity index (χ3n) is 2.55. The molecule has 19 heavy (non-hydrogen) atoms. The molecule has 1 heterocycles. The fraction of sp³-hybridized carbons (Fsp3) is 0.231. The Morgan fingerprint density at radius 2 is 2.32 bits per heavy atom. The number of anilines is 1. The first-order chi connectivity index (χ1) is 9.08. The largest absolute Gasteiger partial charge is 0.497 e. The number of amides is 1. The fourth-order valence-corrected chi connectivity index (χ4v) is 1.94. The maximum atomic E-state index is 11.9. The number of hydrogen-bond donors (Lipinski definition) is 1. The summed E-state index contributed by atoms with van der Waals surface area (Å²) in [6.07, 6.45) is 1.78. The maximum absolute atomic E-state index is 11.9. The van der Waals surface area contributed by atoms with E-state index in [0.29, 0.717) is 11.4 Å². The van der Waals surface area contributed by atoms with Crippen LogP contribution in [0.1, 0.15) is 5.69 Å². The molecule has 1 aromatic carbocycles. The Bertz CT molecular complexity index is 576. The Kier molecular flexibility index (Phi) is 4.21. The zero-order chi connectivity index (χ0) is 13.8. The number of halogens is 1. The summed E-state index contributed by atoms with van der Waals surface area (Å²) in [5, 5.41) is 7.01. The predicted molar refractivity (Wildman–Crippen MR) is 76.3 cm³/mol. The fourth-order valence-electron chi connectivity index (χ4n) is 1.62. The zero-order valence-electron chi connectivity index (χ0n) is 10.7. The van der Waals surface area contributed by atoms with Crippen LogP contribution < -0.4 is 10.1 Å². The summed E-state index contributed by atoms with van der Waals surface area (Å²) in [5.41, 5.74) is 1.56. The summed E-state index contributed by atoms with van der Waals surface area (Å²) in [7, 11) is 1.59. The van der Waals surface area contributed by atoms with Crippen molar-refractivity contribution in [3.8, 4) is 5.75 Å². The van der Waals surface area contributed by atoms with Crippen molar-refractivity contribution >= 4 is 27.5 Å². The van der Waals surface area contributed by atoms with Crippen molar-refractivity contribution in [2.24, 2.45) is 0 Å². The number of carbonyl (C=O) groups is 1. The van der Waals surface area contributed by atoms with Gasteiger partial charge in [0.2, 0.25) is 5.91 Å². The monoisotopic (exact) mass is 323 g/mol. The van der Waals surface area contributed by atoms with Crippen molar-refractivity contribution in [2.75, 3.05) is 12.4 Å². The van der Waals surface area contributed by atoms with Crippen molar-refractivity contribution in [3.63, 3.8) is 0 Å². The molecule has 6 heteroatoms. The molecule has 1 aromatic heterocycles. The molecule has 5 nitrogen and oxygen atoms in total. The number of aryl methyl sites for hydroxylation is 1. The van der Waals surface area contributed by atoms with Gasteiger partial charge in [0, 0.05) is 18.0 Å². The molecule has 0 fully saturated rings. The van der Waals surface area contributed by atoms with Crippen LogP contribution in [0.2, 0.25) is 0 Å². The minimum absolute atomic E-state index is 0.136. The normalized spacial score (nSPS) is 10.3. The Labute approximate surface area is 119 Å². The molecule has 2 rings (SSSR count). The van der Waals surface area contributed by atoms with Crippen molar-refractivity contribution in [3.05, 3.63) is 40.6 Å². The second-order valence-electron chi connectivity index (χ2n) is 4.04. The molecule has 0 saturated carbocycles. The second-order valence-corrected chi connectivity index (χ2v) is 4.89. The highest BCUT2D eigenvalue weighted by Gasteiger charge is 2.07. The van der Waals surface area contributed by atoms with E-state index in [2.05, 4.69) is 26.3 Å². The van der Waals surface area contributed by atoms with Crippen LogP contribution in [0.4, 0.5) is 5.69 Å². The molecule has 100 valence electrons. The lowest BCUT2D eigenvalue weighted by atomic mass is 10.3. The van der Waals surface area contributed by atoms with E-state index in [9.17, 15) is 4.79 Å². The number of nitrogens with zero attached hydrogens (tertiary/aromatic N) is 2. The second kappa shape index (κ2) is 5.88. The van der Waals surface area contributed by atoms with E-state index in [-0.39, 0.29) is 12.5 Å². The van der Waals surface area contributed by atoms with E-state index < -0.39 is 0 Å². The molecule has 0 aliphatic heterocycles. The van der Waals surface area contributed by atoms with E-state index in [1.165, 1.54) is 0 Å². The van der Waals surface area contributed by atoms with E-state index in [0.717, 1.165) is 10.2 Å². The molecule has 0 bridgehead atoms. The first kappa shape index (κ1) is 13.6. The van der Waals surface area contributed by atoms with Crippen molar-refractivity contribution in [1.29, 1.82) is 0 Å². The molecule has 2 aromatic rings. The third kappa shape index (κ3) is 3.57. The van der Waals surface area contributed by atoms with Crippen LogP contribution in [-0.2, 0) is 11.3 Å². The number of aromatic nitrogens is 2.